The molecule has 15 heavy (non-hydrogen) atoms. The highest BCUT2D eigenvalue weighted by molar-refractivity contribution is 7.14. The van der Waals surface area contributed by atoms with E-state index in [2.05, 4.69) is 10.1 Å². The topological polar surface area (TPSA) is 47.8 Å². The highest BCUT2D eigenvalue weighted by atomic mass is 32.1. The van der Waals surface area contributed by atoms with Crippen LogP contribution in [0.2, 0.25) is 0 Å². The average Bonchev–Trinajstić information content (AvgIpc) is 2.74. The van der Waals surface area contributed by atoms with Crippen molar-refractivity contribution in [2.45, 2.75) is 20.8 Å². The summed E-state index contributed by atoms with van der Waals surface area (Å²) in [7, 11) is 0. The van der Waals surface area contributed by atoms with Gasteiger partial charge in [-0.05, 0) is 20.8 Å². The summed E-state index contributed by atoms with van der Waals surface area (Å²) in [4.78, 5) is 16.6. The van der Waals surface area contributed by atoms with Crippen LogP contribution < -0.4 is 0 Å². The molecule has 0 atom stereocenters. The molecule has 2 aromatic rings. The molecule has 2 aromatic heterocycles. The lowest BCUT2D eigenvalue weighted by atomic mass is 10.3. The summed E-state index contributed by atoms with van der Waals surface area (Å²) >= 11 is 1.57. The van der Waals surface area contributed by atoms with E-state index in [4.69, 9.17) is 0 Å². The summed E-state index contributed by atoms with van der Waals surface area (Å²) in [5.41, 5.74) is 1.62. The summed E-state index contributed by atoms with van der Waals surface area (Å²) in [6, 6.07) is 0. The van der Waals surface area contributed by atoms with Gasteiger partial charge in [-0.3, -0.25) is 4.79 Å². The maximum absolute atomic E-state index is 11.1. The minimum Gasteiger partial charge on any atom is -0.294 e. The maximum atomic E-state index is 11.1. The molecule has 2 heterocycles. The molecule has 0 aliphatic carbocycles. The van der Waals surface area contributed by atoms with E-state index in [0.717, 1.165) is 10.8 Å². The average molecular weight is 221 g/mol. The molecule has 78 valence electrons. The van der Waals surface area contributed by atoms with Crippen LogP contribution in [0.3, 0.4) is 0 Å². The molecular weight excluding hydrogens is 210 g/mol. The van der Waals surface area contributed by atoms with E-state index >= 15 is 0 Å². The van der Waals surface area contributed by atoms with Gasteiger partial charge in [0.25, 0.3) is 0 Å². The van der Waals surface area contributed by atoms with E-state index < -0.39 is 0 Å². The van der Waals surface area contributed by atoms with E-state index in [-0.39, 0.29) is 5.78 Å². The second-order valence-corrected chi connectivity index (χ2v) is 4.55. The van der Waals surface area contributed by atoms with Crippen LogP contribution in [0.5, 0.6) is 0 Å². The number of hydrogen-bond acceptors (Lipinski definition) is 4. The Morgan fingerprint density at radius 1 is 1.47 bits per heavy atom. The zero-order chi connectivity index (χ0) is 11.0. The summed E-state index contributed by atoms with van der Waals surface area (Å²) in [5, 5.41) is 4.91. The van der Waals surface area contributed by atoms with Crippen LogP contribution in [-0.2, 0) is 0 Å². The summed E-state index contributed by atoms with van der Waals surface area (Å²) < 4.78 is 1.64. The normalized spacial score (nSPS) is 10.6. The van der Waals surface area contributed by atoms with Gasteiger partial charge in [-0.1, -0.05) is 11.3 Å². The number of hydrogen-bond donors (Lipinski definition) is 0. The van der Waals surface area contributed by atoms with Crippen molar-refractivity contribution in [3.05, 3.63) is 28.5 Å². The first-order valence-corrected chi connectivity index (χ1v) is 5.39. The van der Waals surface area contributed by atoms with Crippen LogP contribution >= 0.6 is 11.3 Å². The first-order valence-electron chi connectivity index (χ1n) is 4.58. The first-order chi connectivity index (χ1) is 7.08. The van der Waals surface area contributed by atoms with Gasteiger partial charge in [-0.25, -0.2) is 9.67 Å². The van der Waals surface area contributed by atoms with Crippen LogP contribution in [0.25, 0.3) is 5.13 Å². The highest BCUT2D eigenvalue weighted by Gasteiger charge is 2.08. The lowest BCUT2D eigenvalue weighted by Crippen LogP contribution is -1.93. The maximum Gasteiger partial charge on any atom is 0.210 e. The zero-order valence-corrected chi connectivity index (χ0v) is 9.63. The molecule has 0 bridgehead atoms. The van der Waals surface area contributed by atoms with Gasteiger partial charge in [0.2, 0.25) is 5.13 Å². The van der Waals surface area contributed by atoms with Crippen LogP contribution in [0.1, 0.15) is 27.9 Å². The number of nitrogens with zero attached hydrogens (tertiary/aromatic N) is 3. The molecule has 2 rings (SSSR count). The van der Waals surface area contributed by atoms with E-state index in [1.165, 1.54) is 11.8 Å². The second kappa shape index (κ2) is 3.58. The van der Waals surface area contributed by atoms with Gasteiger partial charge in [0.05, 0.1) is 17.5 Å². The molecule has 0 saturated carbocycles. The zero-order valence-electron chi connectivity index (χ0n) is 8.81. The molecule has 0 spiro atoms. The van der Waals surface area contributed by atoms with Gasteiger partial charge < -0.3 is 0 Å². The molecule has 0 radical (unpaired) electrons. The number of Topliss-reactive ketones (excluding diaryl/α,β-unsaturated/α-hetero) is 1. The molecule has 4 nitrogen and oxygen atoms in total. The number of thiazole rings is 1. The van der Waals surface area contributed by atoms with E-state index in [9.17, 15) is 4.79 Å². The third-order valence-electron chi connectivity index (χ3n) is 2.20. The molecule has 0 saturated heterocycles. The fourth-order valence-electron chi connectivity index (χ4n) is 1.16. The summed E-state index contributed by atoms with van der Waals surface area (Å²) in [5.74, 6) is 0.0197. The van der Waals surface area contributed by atoms with Crippen LogP contribution in [0.15, 0.2) is 12.4 Å². The minimum absolute atomic E-state index is 0.0197. The minimum atomic E-state index is 0.0197. The molecule has 5 heteroatoms. The van der Waals surface area contributed by atoms with Gasteiger partial charge >= 0.3 is 0 Å². The van der Waals surface area contributed by atoms with E-state index in [0.29, 0.717) is 5.56 Å². The highest BCUT2D eigenvalue weighted by Crippen LogP contribution is 2.19. The molecule has 0 fully saturated rings. The lowest BCUT2D eigenvalue weighted by Gasteiger charge is -1.91. The van der Waals surface area contributed by atoms with Crippen molar-refractivity contribution in [3.8, 4) is 5.13 Å². The lowest BCUT2D eigenvalue weighted by molar-refractivity contribution is 0.101. The SMILES string of the molecule is CC(=O)c1cnn(-c2nc(C)c(C)s2)c1. The Bertz CT molecular complexity index is 493. The molecular formula is C10H11N3OS. The van der Waals surface area contributed by atoms with Gasteiger partial charge in [-0.15, -0.1) is 0 Å². The number of ketones is 1. The van der Waals surface area contributed by atoms with Crippen molar-refractivity contribution in [1.82, 2.24) is 14.8 Å². The summed E-state index contributed by atoms with van der Waals surface area (Å²) in [6.07, 6.45) is 3.27. The smallest absolute Gasteiger partial charge is 0.210 e. The van der Waals surface area contributed by atoms with Crippen molar-refractivity contribution in [3.63, 3.8) is 0 Å². The Morgan fingerprint density at radius 2 is 2.20 bits per heavy atom. The summed E-state index contributed by atoms with van der Waals surface area (Å²) in [6.45, 7) is 5.51. The van der Waals surface area contributed by atoms with Gasteiger partial charge in [0.15, 0.2) is 5.78 Å². The van der Waals surface area contributed by atoms with E-state index in [1.807, 2.05) is 13.8 Å². The quantitative estimate of drug-likeness (QED) is 0.730. The van der Waals surface area contributed by atoms with Gasteiger partial charge in [0.1, 0.15) is 0 Å². The predicted octanol–water partition coefficient (Wildman–Crippen LogP) is 2.15. The third kappa shape index (κ3) is 1.83. The molecule has 0 aromatic carbocycles. The van der Waals surface area contributed by atoms with Crippen LogP contribution in [0, 0.1) is 13.8 Å². The number of aryl methyl sites for hydroxylation is 2. The number of rotatable bonds is 2. The van der Waals surface area contributed by atoms with Crippen molar-refractivity contribution < 1.29 is 4.79 Å². The Morgan fingerprint density at radius 3 is 2.67 bits per heavy atom. The third-order valence-corrected chi connectivity index (χ3v) is 3.26. The Balaban J connectivity index is 2.41. The van der Waals surface area contributed by atoms with Crippen molar-refractivity contribution >= 4 is 17.1 Å². The number of carbonyl (C=O) groups is 1. The van der Waals surface area contributed by atoms with Crippen LogP contribution in [-0.4, -0.2) is 20.5 Å². The van der Waals surface area contributed by atoms with Crippen molar-refractivity contribution in [2.75, 3.05) is 0 Å². The predicted molar refractivity (Wildman–Crippen MR) is 58.7 cm³/mol. The van der Waals surface area contributed by atoms with Crippen molar-refractivity contribution in [2.24, 2.45) is 0 Å². The fourth-order valence-corrected chi connectivity index (χ4v) is 2.01. The second-order valence-electron chi connectivity index (χ2n) is 3.37. The molecule has 0 amide bonds. The van der Waals surface area contributed by atoms with Crippen LogP contribution in [0.4, 0.5) is 0 Å². The fraction of sp³-hybridized carbons (Fsp3) is 0.300. The molecule has 0 aliphatic rings. The molecule has 0 N–H and O–H groups in total. The first kappa shape index (κ1) is 10.0. The molecule has 0 unspecified atom stereocenters. The van der Waals surface area contributed by atoms with Crippen molar-refractivity contribution in [1.29, 1.82) is 0 Å². The Hall–Kier alpha value is -1.49. The Labute approximate surface area is 91.6 Å². The largest absolute Gasteiger partial charge is 0.294 e. The Kier molecular flexibility index (Phi) is 2.40. The monoisotopic (exact) mass is 221 g/mol. The molecule has 0 aliphatic heterocycles. The standard InChI is InChI=1S/C10H11N3OS/c1-6-8(3)15-10(12-6)13-5-9(4-11-13)7(2)14/h4-5H,1-3H3. The number of carbonyl (C=O) groups excluding carboxylic acids is 1. The van der Waals surface area contributed by atoms with Gasteiger partial charge in [-0.2, -0.15) is 5.10 Å². The number of aromatic nitrogens is 3. The van der Waals surface area contributed by atoms with Gasteiger partial charge in [0, 0.05) is 11.1 Å². The van der Waals surface area contributed by atoms with E-state index in [1.54, 1.807) is 28.4 Å².